The van der Waals surface area contributed by atoms with Gasteiger partial charge in [-0.2, -0.15) is 0 Å². The Labute approximate surface area is 192 Å². The van der Waals surface area contributed by atoms with E-state index in [0.29, 0.717) is 51.7 Å². The Morgan fingerprint density at radius 2 is 1.91 bits per heavy atom. The monoisotopic (exact) mass is 463 g/mol. The van der Waals surface area contributed by atoms with Gasteiger partial charge in [-0.25, -0.2) is 33.4 Å². The van der Waals surface area contributed by atoms with Crippen LogP contribution < -0.4 is 10.5 Å². The van der Waals surface area contributed by atoms with Gasteiger partial charge in [0, 0.05) is 24.0 Å². The fourth-order valence-corrected chi connectivity index (χ4v) is 3.95. The van der Waals surface area contributed by atoms with E-state index in [1.807, 2.05) is 17.7 Å². The summed E-state index contributed by atoms with van der Waals surface area (Å²) in [5.74, 6) is -1.21. The van der Waals surface area contributed by atoms with Gasteiger partial charge in [0.15, 0.2) is 11.6 Å². The van der Waals surface area contributed by atoms with Gasteiger partial charge in [0.2, 0.25) is 5.88 Å². The molecule has 0 fully saturated rings. The molecule has 172 valence electrons. The van der Waals surface area contributed by atoms with Crippen LogP contribution in [-0.2, 0) is 0 Å². The Kier molecular flexibility index (Phi) is 5.32. The minimum Gasteiger partial charge on any atom is -0.480 e. The Balaban J connectivity index is 1.65. The Bertz CT molecular complexity index is 1500. The van der Waals surface area contributed by atoms with Crippen LogP contribution in [0.1, 0.15) is 25.1 Å². The molecule has 4 aromatic heterocycles. The van der Waals surface area contributed by atoms with Crippen LogP contribution in [0.5, 0.6) is 5.88 Å². The molecule has 2 N–H and O–H groups in total. The summed E-state index contributed by atoms with van der Waals surface area (Å²) in [4.78, 5) is 16.9. The molecule has 5 aromatic rings. The molecule has 0 aliphatic carbocycles. The number of anilines is 1. The van der Waals surface area contributed by atoms with Crippen molar-refractivity contribution >= 4 is 16.9 Å². The second kappa shape index (κ2) is 8.46. The second-order valence-electron chi connectivity index (χ2n) is 7.46. The molecular weight excluding hydrogens is 444 g/mol. The molecular formula is C22H19F2N9O. The van der Waals surface area contributed by atoms with Crippen LogP contribution >= 0.6 is 0 Å². The van der Waals surface area contributed by atoms with Crippen molar-refractivity contribution in [3.05, 3.63) is 66.8 Å². The number of nitrogen functional groups attached to an aromatic ring is 1. The number of ether oxygens (including phenoxy) is 1. The molecule has 0 aliphatic heterocycles. The molecule has 12 heteroatoms. The summed E-state index contributed by atoms with van der Waals surface area (Å²) < 4.78 is 35.8. The summed E-state index contributed by atoms with van der Waals surface area (Å²) in [5.41, 5.74) is 9.12. The molecule has 0 unspecified atom stereocenters. The summed E-state index contributed by atoms with van der Waals surface area (Å²) in [5, 5.41) is 9.02. The third-order valence-electron chi connectivity index (χ3n) is 5.54. The number of methoxy groups -OCH3 is 1. The number of halogens is 2. The highest BCUT2D eigenvalue weighted by Gasteiger charge is 2.24. The lowest BCUT2D eigenvalue weighted by Crippen LogP contribution is -2.10. The van der Waals surface area contributed by atoms with Gasteiger partial charge >= 0.3 is 0 Å². The van der Waals surface area contributed by atoms with E-state index < -0.39 is 11.6 Å². The smallest absolute Gasteiger partial charge is 0.224 e. The molecule has 0 aliphatic rings. The van der Waals surface area contributed by atoms with Gasteiger partial charge in [-0.1, -0.05) is 12.1 Å². The first kappa shape index (κ1) is 21.4. The van der Waals surface area contributed by atoms with Gasteiger partial charge in [-0.05, 0) is 18.6 Å². The van der Waals surface area contributed by atoms with Gasteiger partial charge in [0.1, 0.15) is 29.8 Å². The number of nitrogens with two attached hydrogens (primary N) is 1. The number of nitrogens with zero attached hydrogens (tertiary/aromatic N) is 8. The third-order valence-corrected chi connectivity index (χ3v) is 5.54. The molecule has 5 rings (SSSR count). The van der Waals surface area contributed by atoms with Crippen LogP contribution in [0.2, 0.25) is 0 Å². The van der Waals surface area contributed by atoms with E-state index in [2.05, 4.69) is 30.2 Å². The number of fused-ring (bicyclic) bond motifs is 1. The summed E-state index contributed by atoms with van der Waals surface area (Å²) in [6, 6.07) is 3.24. The highest BCUT2D eigenvalue weighted by molar-refractivity contribution is 6.01. The van der Waals surface area contributed by atoms with E-state index in [-0.39, 0.29) is 6.04 Å². The van der Waals surface area contributed by atoms with Gasteiger partial charge in [0.05, 0.1) is 36.0 Å². The van der Waals surface area contributed by atoms with Crippen molar-refractivity contribution in [2.24, 2.45) is 0 Å². The number of benzene rings is 1. The predicted octanol–water partition coefficient (Wildman–Crippen LogP) is 3.34. The predicted molar refractivity (Wildman–Crippen MR) is 119 cm³/mol. The van der Waals surface area contributed by atoms with E-state index in [1.54, 1.807) is 12.4 Å². The van der Waals surface area contributed by atoms with Crippen LogP contribution in [0.15, 0.2) is 49.4 Å². The lowest BCUT2D eigenvalue weighted by Gasteiger charge is -2.15. The van der Waals surface area contributed by atoms with Crippen molar-refractivity contribution in [1.82, 2.24) is 39.5 Å². The maximum absolute atomic E-state index is 13.7. The van der Waals surface area contributed by atoms with E-state index >= 15 is 0 Å². The standard InChI is InChI=1S/C22H19F2N9O/c1-3-18(17-9-33(31-30-17)12-4-5-15(23)16(24)6-12)32-8-14(13-7-26-10-29-22(13)34-2)19-20(25)27-11-28-21(19)32/h4-11,18H,3H2,1-2H3,(H2,25,27,28)/t18-/m0/s1. The SMILES string of the molecule is CC[C@@H](c1cn(-c2ccc(F)c(F)c2)nn1)n1cc(-c2cncnc2OC)c2c(N)ncnc21. The fraction of sp³-hybridized carbons (Fsp3) is 0.182. The highest BCUT2D eigenvalue weighted by atomic mass is 19.2. The van der Waals surface area contributed by atoms with Gasteiger partial charge in [-0.3, -0.25) is 0 Å². The molecule has 10 nitrogen and oxygen atoms in total. The average Bonchev–Trinajstić information content (AvgIpc) is 3.48. The molecule has 1 atom stereocenters. The lowest BCUT2D eigenvalue weighted by atomic mass is 10.1. The normalized spacial score (nSPS) is 12.2. The number of aromatic nitrogens is 8. The summed E-state index contributed by atoms with van der Waals surface area (Å²) in [7, 11) is 1.52. The average molecular weight is 463 g/mol. The zero-order chi connectivity index (χ0) is 23.8. The van der Waals surface area contributed by atoms with Crippen LogP contribution in [-0.4, -0.2) is 46.6 Å². The fourth-order valence-electron chi connectivity index (χ4n) is 3.95. The number of hydrogen-bond acceptors (Lipinski definition) is 8. The summed E-state index contributed by atoms with van der Waals surface area (Å²) in [6.07, 6.45) is 8.60. The van der Waals surface area contributed by atoms with Crippen molar-refractivity contribution in [2.45, 2.75) is 19.4 Å². The van der Waals surface area contributed by atoms with Gasteiger partial charge < -0.3 is 15.0 Å². The molecule has 4 heterocycles. The molecule has 0 saturated carbocycles. The van der Waals surface area contributed by atoms with Crippen LogP contribution in [0, 0.1) is 11.6 Å². The first-order chi connectivity index (χ1) is 16.5. The zero-order valence-corrected chi connectivity index (χ0v) is 18.2. The third kappa shape index (κ3) is 3.49. The van der Waals surface area contributed by atoms with E-state index in [4.69, 9.17) is 10.5 Å². The molecule has 0 saturated heterocycles. The van der Waals surface area contributed by atoms with Crippen molar-refractivity contribution in [3.8, 4) is 22.7 Å². The number of hydrogen-bond donors (Lipinski definition) is 1. The molecule has 34 heavy (non-hydrogen) atoms. The minimum absolute atomic E-state index is 0.291. The second-order valence-corrected chi connectivity index (χ2v) is 7.46. The maximum atomic E-state index is 13.7. The van der Waals surface area contributed by atoms with E-state index in [1.165, 1.54) is 30.5 Å². The summed E-state index contributed by atoms with van der Waals surface area (Å²) in [6.45, 7) is 1.99. The quantitative estimate of drug-likeness (QED) is 0.407. The highest BCUT2D eigenvalue weighted by Crippen LogP contribution is 2.38. The van der Waals surface area contributed by atoms with E-state index in [9.17, 15) is 8.78 Å². The summed E-state index contributed by atoms with van der Waals surface area (Å²) >= 11 is 0. The Morgan fingerprint density at radius 1 is 1.06 bits per heavy atom. The van der Waals surface area contributed by atoms with Crippen molar-refractivity contribution in [1.29, 1.82) is 0 Å². The Hall–Kier alpha value is -4.48. The number of rotatable bonds is 6. The first-order valence-corrected chi connectivity index (χ1v) is 10.3. The first-order valence-electron chi connectivity index (χ1n) is 10.3. The molecule has 0 amide bonds. The minimum atomic E-state index is -0.964. The van der Waals surface area contributed by atoms with Crippen LogP contribution in [0.25, 0.3) is 27.8 Å². The van der Waals surface area contributed by atoms with Crippen molar-refractivity contribution < 1.29 is 13.5 Å². The topological polar surface area (TPSA) is 122 Å². The van der Waals surface area contributed by atoms with Crippen molar-refractivity contribution in [3.63, 3.8) is 0 Å². The van der Waals surface area contributed by atoms with Crippen LogP contribution in [0.3, 0.4) is 0 Å². The zero-order valence-electron chi connectivity index (χ0n) is 18.2. The molecule has 0 spiro atoms. The largest absolute Gasteiger partial charge is 0.480 e. The van der Waals surface area contributed by atoms with E-state index in [0.717, 1.165) is 12.1 Å². The maximum Gasteiger partial charge on any atom is 0.224 e. The van der Waals surface area contributed by atoms with Crippen molar-refractivity contribution in [2.75, 3.05) is 12.8 Å². The molecule has 0 bridgehead atoms. The molecule has 0 radical (unpaired) electrons. The Morgan fingerprint density at radius 3 is 2.68 bits per heavy atom. The van der Waals surface area contributed by atoms with Gasteiger partial charge in [-0.15, -0.1) is 5.10 Å². The molecule has 1 aromatic carbocycles. The lowest BCUT2D eigenvalue weighted by molar-refractivity contribution is 0.398. The van der Waals surface area contributed by atoms with Crippen LogP contribution in [0.4, 0.5) is 14.6 Å². The van der Waals surface area contributed by atoms with Gasteiger partial charge in [0.25, 0.3) is 0 Å².